The van der Waals surface area contributed by atoms with Crippen LogP contribution in [0.3, 0.4) is 0 Å². The zero-order valence-corrected chi connectivity index (χ0v) is 13.3. The van der Waals surface area contributed by atoms with Crippen molar-refractivity contribution in [2.45, 2.75) is 26.2 Å². The van der Waals surface area contributed by atoms with Gasteiger partial charge in [-0.3, -0.25) is 4.79 Å². The largest absolute Gasteiger partial charge is 0.481 e. The van der Waals surface area contributed by atoms with E-state index < -0.39 is 5.97 Å². The van der Waals surface area contributed by atoms with Gasteiger partial charge in [0.1, 0.15) is 0 Å². The Morgan fingerprint density at radius 3 is 2.90 bits per heavy atom. The predicted molar refractivity (Wildman–Crippen MR) is 80.9 cm³/mol. The summed E-state index contributed by atoms with van der Waals surface area (Å²) in [7, 11) is 0. The highest BCUT2D eigenvalue weighted by molar-refractivity contribution is 9.11. The van der Waals surface area contributed by atoms with Gasteiger partial charge in [0.2, 0.25) is 0 Å². The van der Waals surface area contributed by atoms with Crippen molar-refractivity contribution in [2.75, 3.05) is 0 Å². The van der Waals surface area contributed by atoms with Gasteiger partial charge in [-0.25, -0.2) is 9.97 Å². The van der Waals surface area contributed by atoms with Crippen molar-refractivity contribution in [3.8, 4) is 10.7 Å². The highest BCUT2D eigenvalue weighted by Gasteiger charge is 2.27. The topological polar surface area (TPSA) is 63.1 Å². The number of carbonyl (C=O) groups is 1. The van der Waals surface area contributed by atoms with Crippen LogP contribution in [0.2, 0.25) is 0 Å². The first kappa shape index (κ1) is 13.7. The molecule has 104 valence electrons. The number of carboxylic acid groups (broad SMARTS) is 1. The van der Waals surface area contributed by atoms with Crippen LogP contribution >= 0.6 is 27.3 Å². The van der Waals surface area contributed by atoms with Crippen molar-refractivity contribution >= 4 is 33.2 Å². The Morgan fingerprint density at radius 2 is 2.25 bits per heavy atom. The van der Waals surface area contributed by atoms with E-state index in [1.54, 1.807) is 11.3 Å². The molecule has 2 heterocycles. The molecular weight excluding hydrogens is 340 g/mol. The van der Waals surface area contributed by atoms with Crippen LogP contribution in [0, 0.1) is 12.8 Å². The number of hydrogen-bond donors (Lipinski definition) is 1. The number of aliphatic carboxylic acids is 1. The molecule has 0 amide bonds. The van der Waals surface area contributed by atoms with Gasteiger partial charge in [-0.15, -0.1) is 11.3 Å². The van der Waals surface area contributed by atoms with Gasteiger partial charge in [-0.2, -0.15) is 0 Å². The number of halogens is 1. The van der Waals surface area contributed by atoms with E-state index in [9.17, 15) is 4.79 Å². The first-order valence-electron chi connectivity index (χ1n) is 6.39. The van der Waals surface area contributed by atoms with Crippen molar-refractivity contribution in [3.63, 3.8) is 0 Å². The summed E-state index contributed by atoms with van der Waals surface area (Å²) < 4.78 is 1.05. The third-order valence-electron chi connectivity index (χ3n) is 3.62. The zero-order valence-electron chi connectivity index (χ0n) is 10.9. The van der Waals surface area contributed by atoms with Gasteiger partial charge in [0, 0.05) is 11.4 Å². The minimum Gasteiger partial charge on any atom is -0.481 e. The Bertz CT molecular complexity index is 684. The molecule has 1 atom stereocenters. The number of thiophene rings is 1. The summed E-state index contributed by atoms with van der Waals surface area (Å²) in [4.78, 5) is 21.3. The third kappa shape index (κ3) is 2.50. The maximum Gasteiger partial charge on any atom is 0.306 e. The molecule has 2 aromatic rings. The van der Waals surface area contributed by atoms with Crippen LogP contribution < -0.4 is 0 Å². The van der Waals surface area contributed by atoms with Crippen LogP contribution in [-0.2, 0) is 17.6 Å². The van der Waals surface area contributed by atoms with E-state index in [2.05, 4.69) is 25.9 Å². The molecule has 4 nitrogen and oxygen atoms in total. The van der Waals surface area contributed by atoms with Gasteiger partial charge in [0.05, 0.1) is 14.6 Å². The average molecular weight is 353 g/mol. The van der Waals surface area contributed by atoms with Gasteiger partial charge in [0.15, 0.2) is 5.82 Å². The number of carboxylic acids is 1. The van der Waals surface area contributed by atoms with Crippen LogP contribution in [-0.4, -0.2) is 21.0 Å². The lowest BCUT2D eigenvalue weighted by molar-refractivity contribution is -0.142. The Balaban J connectivity index is 2.00. The Labute approximate surface area is 129 Å². The van der Waals surface area contributed by atoms with Gasteiger partial charge in [0.25, 0.3) is 0 Å². The molecule has 0 aromatic carbocycles. The lowest BCUT2D eigenvalue weighted by atomic mass is 9.86. The van der Waals surface area contributed by atoms with E-state index in [4.69, 9.17) is 5.11 Å². The third-order valence-corrected chi connectivity index (χ3v) is 5.24. The fourth-order valence-corrected chi connectivity index (χ4v) is 3.86. The Hall–Kier alpha value is -1.27. The molecular formula is C14H13BrN2O2S. The predicted octanol–water partition coefficient (Wildman–Crippen LogP) is 3.47. The van der Waals surface area contributed by atoms with Gasteiger partial charge < -0.3 is 5.11 Å². The van der Waals surface area contributed by atoms with Crippen LogP contribution in [0.1, 0.15) is 23.4 Å². The first-order chi connectivity index (χ1) is 9.54. The molecule has 2 aromatic heterocycles. The molecule has 0 saturated heterocycles. The number of hydrogen-bond acceptors (Lipinski definition) is 4. The molecule has 0 spiro atoms. The van der Waals surface area contributed by atoms with E-state index in [-0.39, 0.29) is 5.92 Å². The lowest BCUT2D eigenvalue weighted by Crippen LogP contribution is -2.24. The molecule has 1 unspecified atom stereocenters. The minimum atomic E-state index is -0.721. The van der Waals surface area contributed by atoms with Crippen molar-refractivity contribution < 1.29 is 9.90 Å². The van der Waals surface area contributed by atoms with E-state index in [1.165, 1.54) is 0 Å². The lowest BCUT2D eigenvalue weighted by Gasteiger charge is -2.22. The normalized spacial score (nSPS) is 17.8. The van der Waals surface area contributed by atoms with Crippen LogP contribution in [0.15, 0.2) is 15.9 Å². The maximum atomic E-state index is 11.1. The fraction of sp³-hybridized carbons (Fsp3) is 0.357. The number of aryl methyl sites for hydroxylation is 2. The van der Waals surface area contributed by atoms with Crippen molar-refractivity contribution in [3.05, 3.63) is 32.9 Å². The second-order valence-electron chi connectivity index (χ2n) is 4.94. The zero-order chi connectivity index (χ0) is 14.3. The monoisotopic (exact) mass is 352 g/mol. The van der Waals surface area contributed by atoms with Crippen molar-refractivity contribution in [1.82, 2.24) is 9.97 Å². The summed E-state index contributed by atoms with van der Waals surface area (Å²) >= 11 is 5.05. The second kappa shape index (κ2) is 5.26. The molecule has 1 aliphatic rings. The summed E-state index contributed by atoms with van der Waals surface area (Å²) in [5, 5.41) is 9.15. The molecule has 1 aliphatic carbocycles. The Morgan fingerprint density at radius 1 is 1.45 bits per heavy atom. The van der Waals surface area contributed by atoms with E-state index >= 15 is 0 Å². The smallest absolute Gasteiger partial charge is 0.306 e. The highest BCUT2D eigenvalue weighted by atomic mass is 79.9. The molecule has 20 heavy (non-hydrogen) atoms. The molecule has 0 saturated carbocycles. The number of fused-ring (bicyclic) bond motifs is 1. The number of aromatic nitrogens is 2. The van der Waals surface area contributed by atoms with Crippen LogP contribution in [0.5, 0.6) is 0 Å². The van der Waals surface area contributed by atoms with Crippen molar-refractivity contribution in [2.24, 2.45) is 5.92 Å². The van der Waals surface area contributed by atoms with Crippen LogP contribution in [0.4, 0.5) is 0 Å². The maximum absolute atomic E-state index is 11.1. The summed E-state index contributed by atoms with van der Waals surface area (Å²) in [5.41, 5.74) is 2.93. The molecule has 1 N–H and O–H groups in total. The number of rotatable bonds is 2. The van der Waals surface area contributed by atoms with E-state index in [0.29, 0.717) is 12.8 Å². The van der Waals surface area contributed by atoms with E-state index in [1.807, 2.05) is 19.1 Å². The summed E-state index contributed by atoms with van der Waals surface area (Å²) in [6.45, 7) is 1.94. The standard InChI is InChI=1S/C14H13BrN2O2S/c1-7-9-6-8(14(18)19)2-3-10(9)17-13(16-7)11-4-5-12(15)20-11/h4-5,8H,2-3,6H2,1H3,(H,18,19). The number of nitrogens with zero attached hydrogens (tertiary/aromatic N) is 2. The van der Waals surface area contributed by atoms with E-state index in [0.717, 1.165) is 37.9 Å². The summed E-state index contributed by atoms with van der Waals surface area (Å²) in [6.07, 6.45) is 1.92. The molecule has 0 radical (unpaired) electrons. The minimum absolute atomic E-state index is 0.300. The first-order valence-corrected chi connectivity index (χ1v) is 8.00. The second-order valence-corrected chi connectivity index (χ2v) is 7.40. The summed E-state index contributed by atoms with van der Waals surface area (Å²) in [5.74, 6) is -0.279. The van der Waals surface area contributed by atoms with Gasteiger partial charge in [-0.05, 0) is 59.8 Å². The average Bonchev–Trinajstić information content (AvgIpc) is 2.85. The van der Waals surface area contributed by atoms with Gasteiger partial charge in [-0.1, -0.05) is 0 Å². The molecule has 6 heteroatoms. The highest BCUT2D eigenvalue weighted by Crippen LogP contribution is 2.32. The van der Waals surface area contributed by atoms with Crippen LogP contribution in [0.25, 0.3) is 10.7 Å². The molecule has 0 bridgehead atoms. The quantitative estimate of drug-likeness (QED) is 0.898. The molecule has 0 fully saturated rings. The molecule has 0 aliphatic heterocycles. The Kier molecular flexibility index (Phi) is 3.60. The van der Waals surface area contributed by atoms with Crippen molar-refractivity contribution in [1.29, 1.82) is 0 Å². The molecule has 3 rings (SSSR count). The van der Waals surface area contributed by atoms with Gasteiger partial charge >= 0.3 is 5.97 Å². The SMILES string of the molecule is Cc1nc(-c2ccc(Br)s2)nc2c1CC(C(=O)O)CC2. The summed E-state index contributed by atoms with van der Waals surface area (Å²) in [6, 6.07) is 3.98. The fourth-order valence-electron chi connectivity index (χ4n) is 2.54.